The molecule has 1 aliphatic rings. The van der Waals surface area contributed by atoms with E-state index in [9.17, 15) is 9.59 Å². The lowest BCUT2D eigenvalue weighted by Gasteiger charge is -1.97. The van der Waals surface area contributed by atoms with E-state index in [1.54, 1.807) is 18.2 Å². The molecule has 0 unspecified atom stereocenters. The van der Waals surface area contributed by atoms with Crippen molar-refractivity contribution in [3.05, 3.63) is 34.9 Å². The van der Waals surface area contributed by atoms with Crippen molar-refractivity contribution in [2.45, 2.75) is 11.7 Å². The number of nitrogens with one attached hydrogen (secondary N) is 1. The van der Waals surface area contributed by atoms with Crippen molar-refractivity contribution in [1.82, 2.24) is 5.32 Å². The molecule has 1 aromatic rings. The third-order valence-electron chi connectivity index (χ3n) is 2.34. The maximum Gasteiger partial charge on any atom is 0.305 e. The van der Waals surface area contributed by atoms with Crippen molar-refractivity contribution in [3.63, 3.8) is 0 Å². The van der Waals surface area contributed by atoms with Gasteiger partial charge in [0.15, 0.2) is 5.17 Å². The highest BCUT2D eigenvalue weighted by molar-refractivity contribution is 8.15. The van der Waals surface area contributed by atoms with Crippen LogP contribution in [0.1, 0.15) is 12.0 Å². The largest absolute Gasteiger partial charge is 0.481 e. The molecule has 0 aromatic heterocycles. The Hall–Kier alpha value is -1.86. The number of hydrogen-bond donors (Lipinski definition) is 2. The molecule has 20 heavy (non-hydrogen) atoms. The lowest BCUT2D eigenvalue weighted by atomic mass is 10.2. The minimum absolute atomic E-state index is 0.243. The fraction of sp³-hybridized carbons (Fsp3) is 0.167. The van der Waals surface area contributed by atoms with Crippen LogP contribution in [0.4, 0.5) is 0 Å². The Morgan fingerprint density at radius 2 is 2.35 bits per heavy atom. The van der Waals surface area contributed by atoms with E-state index < -0.39 is 11.2 Å². The van der Waals surface area contributed by atoms with Gasteiger partial charge in [-0.1, -0.05) is 35.5 Å². The van der Waals surface area contributed by atoms with Gasteiger partial charge in [-0.3, -0.25) is 9.59 Å². The lowest BCUT2D eigenvalue weighted by Crippen LogP contribution is -2.26. The van der Waals surface area contributed by atoms with Crippen molar-refractivity contribution in [3.8, 4) is 0 Å². The zero-order valence-electron chi connectivity index (χ0n) is 10.1. The second kappa shape index (κ2) is 6.53. The normalized spacial score (nSPS) is 20.6. The Labute approximate surface area is 123 Å². The zero-order valence-corrected chi connectivity index (χ0v) is 11.7. The summed E-state index contributed by atoms with van der Waals surface area (Å²) in [5.41, 5.74) is 0.776. The molecule has 1 aliphatic heterocycles. The summed E-state index contributed by atoms with van der Waals surface area (Å²) in [5, 5.41) is 19.0. The Morgan fingerprint density at radius 3 is 3.05 bits per heavy atom. The first-order valence-electron chi connectivity index (χ1n) is 5.60. The summed E-state index contributed by atoms with van der Waals surface area (Å²) in [5.74, 6) is -1.39. The molecule has 1 amide bonds. The molecular weight excluding hydrogens is 302 g/mol. The van der Waals surface area contributed by atoms with Crippen LogP contribution in [0.5, 0.6) is 0 Å². The Balaban J connectivity index is 1.99. The molecule has 2 N–H and O–H groups in total. The summed E-state index contributed by atoms with van der Waals surface area (Å²) in [6.07, 6.45) is 1.25. The van der Waals surface area contributed by atoms with Gasteiger partial charge < -0.3 is 10.4 Å². The highest BCUT2D eigenvalue weighted by Crippen LogP contribution is 2.22. The molecule has 1 atom stereocenters. The molecule has 2 rings (SSSR count). The molecule has 6 nitrogen and oxygen atoms in total. The van der Waals surface area contributed by atoms with Gasteiger partial charge in [0.25, 0.3) is 0 Å². The molecule has 104 valence electrons. The smallest absolute Gasteiger partial charge is 0.305 e. The van der Waals surface area contributed by atoms with Crippen LogP contribution in [0.2, 0.25) is 5.02 Å². The fourth-order valence-electron chi connectivity index (χ4n) is 1.48. The van der Waals surface area contributed by atoms with Crippen LogP contribution in [0, 0.1) is 0 Å². The van der Waals surface area contributed by atoms with E-state index in [0.717, 1.165) is 17.3 Å². The molecule has 0 aliphatic carbocycles. The zero-order chi connectivity index (χ0) is 14.5. The SMILES string of the molecule is O=C(O)C[C@H]1S/C(=N/N=C\c2cccc(Cl)c2)NC1=O. The molecular formula is C12H10ClN3O3S. The molecule has 1 fully saturated rings. The summed E-state index contributed by atoms with van der Waals surface area (Å²) in [6.45, 7) is 0. The lowest BCUT2D eigenvalue weighted by molar-refractivity contribution is -0.138. The van der Waals surface area contributed by atoms with Crippen LogP contribution in [-0.2, 0) is 9.59 Å². The van der Waals surface area contributed by atoms with E-state index >= 15 is 0 Å². The summed E-state index contributed by atoms with van der Waals surface area (Å²) < 4.78 is 0. The number of carboxylic acids is 1. The van der Waals surface area contributed by atoms with Crippen LogP contribution in [0.15, 0.2) is 34.5 Å². The minimum Gasteiger partial charge on any atom is -0.481 e. The number of rotatable bonds is 4. The third-order valence-corrected chi connectivity index (χ3v) is 3.65. The number of thioether (sulfide) groups is 1. The quantitative estimate of drug-likeness (QED) is 0.654. The average Bonchev–Trinajstić information content (AvgIpc) is 2.69. The number of carbonyl (C=O) groups excluding carboxylic acids is 1. The number of hydrogen-bond acceptors (Lipinski definition) is 5. The molecule has 0 bridgehead atoms. The summed E-state index contributed by atoms with van der Waals surface area (Å²) in [4.78, 5) is 22.0. The van der Waals surface area contributed by atoms with E-state index in [4.69, 9.17) is 16.7 Å². The average molecular weight is 312 g/mol. The molecule has 8 heteroatoms. The van der Waals surface area contributed by atoms with E-state index in [1.807, 2.05) is 6.07 Å². The van der Waals surface area contributed by atoms with E-state index in [2.05, 4.69) is 15.5 Å². The summed E-state index contributed by atoms with van der Waals surface area (Å²) >= 11 is 6.88. The number of aliphatic carboxylic acids is 1. The van der Waals surface area contributed by atoms with Gasteiger partial charge in [-0.05, 0) is 17.7 Å². The first kappa shape index (κ1) is 14.5. The van der Waals surface area contributed by atoms with Gasteiger partial charge in [0, 0.05) is 5.02 Å². The number of amides is 1. The number of carboxylic acid groups (broad SMARTS) is 1. The number of nitrogens with zero attached hydrogens (tertiary/aromatic N) is 2. The number of amidine groups is 1. The standard InChI is InChI=1S/C12H10ClN3O3S/c13-8-3-1-2-7(4-8)6-14-16-12-15-11(19)9(20-12)5-10(17)18/h1-4,6,9H,5H2,(H,17,18)(H,15,16,19)/b14-6-/t9-/m1/s1. The second-order valence-electron chi connectivity index (χ2n) is 3.90. The van der Waals surface area contributed by atoms with E-state index in [-0.39, 0.29) is 12.3 Å². The van der Waals surface area contributed by atoms with Gasteiger partial charge in [0.05, 0.1) is 12.6 Å². The van der Waals surface area contributed by atoms with Crippen molar-refractivity contribution in [2.24, 2.45) is 10.2 Å². The van der Waals surface area contributed by atoms with Crippen molar-refractivity contribution in [1.29, 1.82) is 0 Å². The second-order valence-corrected chi connectivity index (χ2v) is 5.53. The van der Waals surface area contributed by atoms with E-state index in [0.29, 0.717) is 10.2 Å². The minimum atomic E-state index is -1.03. The van der Waals surface area contributed by atoms with Gasteiger partial charge in [0.2, 0.25) is 5.91 Å². The van der Waals surface area contributed by atoms with Gasteiger partial charge in [-0.15, -0.1) is 5.10 Å². The van der Waals surface area contributed by atoms with Gasteiger partial charge in [0.1, 0.15) is 5.25 Å². The van der Waals surface area contributed by atoms with Crippen molar-refractivity contribution in [2.75, 3.05) is 0 Å². The van der Waals surface area contributed by atoms with Crippen molar-refractivity contribution >= 4 is 46.6 Å². The maximum atomic E-state index is 11.5. The molecule has 0 radical (unpaired) electrons. The predicted molar refractivity (Wildman–Crippen MR) is 78.3 cm³/mol. The molecule has 1 saturated heterocycles. The topological polar surface area (TPSA) is 91.1 Å². The van der Waals surface area contributed by atoms with Gasteiger partial charge >= 0.3 is 5.97 Å². The summed E-state index contributed by atoms with van der Waals surface area (Å²) in [7, 11) is 0. The molecule has 1 heterocycles. The highest BCUT2D eigenvalue weighted by Gasteiger charge is 2.32. The molecule has 1 aromatic carbocycles. The first-order chi connectivity index (χ1) is 9.54. The van der Waals surface area contributed by atoms with Crippen LogP contribution in [-0.4, -0.2) is 33.6 Å². The maximum absolute atomic E-state index is 11.5. The Morgan fingerprint density at radius 1 is 1.55 bits per heavy atom. The van der Waals surface area contributed by atoms with Crippen LogP contribution in [0.3, 0.4) is 0 Å². The van der Waals surface area contributed by atoms with Crippen LogP contribution >= 0.6 is 23.4 Å². The number of carbonyl (C=O) groups is 2. The van der Waals surface area contributed by atoms with E-state index in [1.165, 1.54) is 6.21 Å². The third kappa shape index (κ3) is 4.07. The monoisotopic (exact) mass is 311 g/mol. The predicted octanol–water partition coefficient (Wildman–Crippen LogP) is 1.74. The summed E-state index contributed by atoms with van der Waals surface area (Å²) in [6, 6.07) is 7.06. The molecule has 0 spiro atoms. The van der Waals surface area contributed by atoms with Crippen LogP contribution in [0.25, 0.3) is 0 Å². The first-order valence-corrected chi connectivity index (χ1v) is 6.86. The Kier molecular flexibility index (Phi) is 4.75. The van der Waals surface area contributed by atoms with Gasteiger partial charge in [-0.25, -0.2) is 0 Å². The highest BCUT2D eigenvalue weighted by atomic mass is 35.5. The van der Waals surface area contributed by atoms with Crippen molar-refractivity contribution < 1.29 is 14.7 Å². The van der Waals surface area contributed by atoms with Crippen LogP contribution < -0.4 is 5.32 Å². The fourth-order valence-corrected chi connectivity index (χ4v) is 2.59. The van der Waals surface area contributed by atoms with Gasteiger partial charge in [-0.2, -0.15) is 5.10 Å². The molecule has 0 saturated carbocycles. The number of halogens is 1. The Bertz CT molecular complexity index is 603. The number of benzene rings is 1.